The Hall–Kier alpha value is -2.47. The van der Waals surface area contributed by atoms with Crippen LogP contribution in [0.1, 0.15) is 23.6 Å². The van der Waals surface area contributed by atoms with E-state index in [0.717, 1.165) is 5.69 Å². The SMILES string of the molecule is Cc1ccc(C)c(N2c3cc(C#N)ccc3N(C)C2C)c1. The third-order valence-electron chi connectivity index (χ3n) is 4.30. The topological polar surface area (TPSA) is 30.3 Å². The highest BCUT2D eigenvalue weighted by Crippen LogP contribution is 2.44. The van der Waals surface area contributed by atoms with Gasteiger partial charge in [0.2, 0.25) is 0 Å². The van der Waals surface area contributed by atoms with E-state index in [2.05, 4.69) is 61.9 Å². The second-order valence-electron chi connectivity index (χ2n) is 5.72. The summed E-state index contributed by atoms with van der Waals surface area (Å²) < 4.78 is 0. The number of rotatable bonds is 1. The molecule has 0 N–H and O–H groups in total. The molecule has 0 aromatic heterocycles. The molecule has 3 nitrogen and oxygen atoms in total. The van der Waals surface area contributed by atoms with Crippen molar-refractivity contribution in [3.8, 4) is 6.07 Å². The molecule has 0 spiro atoms. The number of nitrogens with zero attached hydrogens (tertiary/aromatic N) is 3. The largest absolute Gasteiger partial charge is 0.353 e. The predicted molar refractivity (Wildman–Crippen MR) is 87.1 cm³/mol. The van der Waals surface area contributed by atoms with E-state index < -0.39 is 0 Å². The number of anilines is 3. The molecule has 1 atom stereocenters. The van der Waals surface area contributed by atoms with Gasteiger partial charge in [0.25, 0.3) is 0 Å². The molecule has 21 heavy (non-hydrogen) atoms. The van der Waals surface area contributed by atoms with Gasteiger partial charge < -0.3 is 9.80 Å². The van der Waals surface area contributed by atoms with E-state index in [9.17, 15) is 5.26 Å². The Labute approximate surface area is 126 Å². The molecule has 0 fully saturated rings. The van der Waals surface area contributed by atoms with Crippen LogP contribution in [0.3, 0.4) is 0 Å². The van der Waals surface area contributed by atoms with E-state index in [1.165, 1.54) is 22.5 Å². The van der Waals surface area contributed by atoms with Crippen LogP contribution in [0.15, 0.2) is 36.4 Å². The van der Waals surface area contributed by atoms with Gasteiger partial charge in [-0.25, -0.2) is 0 Å². The molecule has 0 amide bonds. The van der Waals surface area contributed by atoms with Gasteiger partial charge in [-0.05, 0) is 56.2 Å². The molecule has 0 radical (unpaired) electrons. The standard InChI is InChI=1S/C18H19N3/c1-12-5-6-13(2)17(9-12)21-14(3)20(4)16-8-7-15(11-19)10-18(16)21/h5-10,14H,1-4H3. The van der Waals surface area contributed by atoms with E-state index in [0.29, 0.717) is 5.56 Å². The predicted octanol–water partition coefficient (Wildman–Crippen LogP) is 4.11. The first-order chi connectivity index (χ1) is 10.0. The van der Waals surface area contributed by atoms with Crippen LogP contribution in [0.5, 0.6) is 0 Å². The summed E-state index contributed by atoms with van der Waals surface area (Å²) in [4.78, 5) is 4.57. The second-order valence-corrected chi connectivity index (χ2v) is 5.72. The number of hydrogen-bond acceptors (Lipinski definition) is 3. The zero-order valence-corrected chi connectivity index (χ0v) is 12.9. The molecular weight excluding hydrogens is 258 g/mol. The van der Waals surface area contributed by atoms with Crippen LogP contribution in [0.4, 0.5) is 17.1 Å². The van der Waals surface area contributed by atoms with Crippen LogP contribution in [0.25, 0.3) is 0 Å². The van der Waals surface area contributed by atoms with Crippen molar-refractivity contribution in [3.63, 3.8) is 0 Å². The summed E-state index contributed by atoms with van der Waals surface area (Å²) in [6, 6.07) is 14.7. The molecule has 2 aromatic carbocycles. The van der Waals surface area contributed by atoms with Gasteiger partial charge in [-0.3, -0.25) is 0 Å². The first-order valence-corrected chi connectivity index (χ1v) is 7.16. The number of aryl methyl sites for hydroxylation is 2. The number of fused-ring (bicyclic) bond motifs is 1. The molecule has 0 saturated carbocycles. The fourth-order valence-electron chi connectivity index (χ4n) is 2.97. The van der Waals surface area contributed by atoms with Gasteiger partial charge in [-0.15, -0.1) is 0 Å². The van der Waals surface area contributed by atoms with E-state index in [1.54, 1.807) is 0 Å². The summed E-state index contributed by atoms with van der Waals surface area (Å²) in [6.45, 7) is 6.43. The van der Waals surface area contributed by atoms with Crippen molar-refractivity contribution in [3.05, 3.63) is 53.1 Å². The highest BCUT2D eigenvalue weighted by molar-refractivity contribution is 5.85. The molecule has 2 aromatic rings. The maximum Gasteiger partial charge on any atom is 0.103 e. The van der Waals surface area contributed by atoms with Crippen LogP contribution in [-0.2, 0) is 0 Å². The molecule has 1 unspecified atom stereocenters. The summed E-state index contributed by atoms with van der Waals surface area (Å²) in [5, 5.41) is 9.17. The maximum absolute atomic E-state index is 9.17. The first kappa shape index (κ1) is 13.5. The average Bonchev–Trinajstić information content (AvgIpc) is 2.73. The third-order valence-corrected chi connectivity index (χ3v) is 4.30. The lowest BCUT2D eigenvalue weighted by Gasteiger charge is -2.29. The van der Waals surface area contributed by atoms with Crippen LogP contribution in [0.2, 0.25) is 0 Å². The monoisotopic (exact) mass is 277 g/mol. The summed E-state index contributed by atoms with van der Waals surface area (Å²) in [5.74, 6) is 0. The molecule has 1 aliphatic rings. The van der Waals surface area contributed by atoms with Crippen molar-refractivity contribution in [2.24, 2.45) is 0 Å². The second kappa shape index (κ2) is 4.82. The molecule has 0 saturated heterocycles. The first-order valence-electron chi connectivity index (χ1n) is 7.16. The fraction of sp³-hybridized carbons (Fsp3) is 0.278. The van der Waals surface area contributed by atoms with Crippen molar-refractivity contribution < 1.29 is 0 Å². The Morgan fingerprint density at radius 1 is 1.00 bits per heavy atom. The Kier molecular flexibility index (Phi) is 3.10. The highest BCUT2D eigenvalue weighted by Gasteiger charge is 2.32. The number of benzene rings is 2. The fourth-order valence-corrected chi connectivity index (χ4v) is 2.97. The van der Waals surface area contributed by atoms with Gasteiger partial charge in [-0.2, -0.15) is 5.26 Å². The Morgan fingerprint density at radius 3 is 2.48 bits per heavy atom. The molecule has 3 heteroatoms. The van der Waals surface area contributed by atoms with E-state index >= 15 is 0 Å². The van der Waals surface area contributed by atoms with Crippen molar-refractivity contribution in [1.82, 2.24) is 0 Å². The van der Waals surface area contributed by atoms with Gasteiger partial charge in [0.1, 0.15) is 6.17 Å². The lowest BCUT2D eigenvalue weighted by Crippen LogP contribution is -2.35. The quantitative estimate of drug-likeness (QED) is 0.786. The Balaban J connectivity index is 2.21. The summed E-state index contributed by atoms with van der Waals surface area (Å²) in [6.07, 6.45) is 0.231. The zero-order chi connectivity index (χ0) is 15.1. The highest BCUT2D eigenvalue weighted by atomic mass is 15.4. The molecule has 1 heterocycles. The third kappa shape index (κ3) is 2.04. The van der Waals surface area contributed by atoms with Crippen molar-refractivity contribution >= 4 is 17.1 Å². The van der Waals surface area contributed by atoms with Gasteiger partial charge in [0.05, 0.1) is 23.0 Å². The smallest absolute Gasteiger partial charge is 0.103 e. The van der Waals surface area contributed by atoms with Crippen LogP contribution < -0.4 is 9.80 Å². The molecule has 106 valence electrons. The lowest BCUT2D eigenvalue weighted by atomic mass is 10.1. The van der Waals surface area contributed by atoms with E-state index in [-0.39, 0.29) is 6.17 Å². The van der Waals surface area contributed by atoms with Gasteiger partial charge in [-0.1, -0.05) is 12.1 Å². The van der Waals surface area contributed by atoms with E-state index in [1.807, 2.05) is 18.2 Å². The van der Waals surface area contributed by atoms with Gasteiger partial charge in [0.15, 0.2) is 0 Å². The molecule has 0 bridgehead atoms. The maximum atomic E-state index is 9.17. The minimum Gasteiger partial charge on any atom is -0.353 e. The van der Waals surface area contributed by atoms with Gasteiger partial charge in [0, 0.05) is 12.7 Å². The molecular formula is C18H19N3. The molecule has 1 aliphatic heterocycles. The summed E-state index contributed by atoms with van der Waals surface area (Å²) in [5.41, 5.74) is 6.68. The zero-order valence-electron chi connectivity index (χ0n) is 12.9. The van der Waals surface area contributed by atoms with Crippen LogP contribution in [-0.4, -0.2) is 13.2 Å². The minimum atomic E-state index is 0.231. The number of nitriles is 1. The van der Waals surface area contributed by atoms with Crippen molar-refractivity contribution in [1.29, 1.82) is 5.26 Å². The molecule has 0 aliphatic carbocycles. The Morgan fingerprint density at radius 2 is 1.76 bits per heavy atom. The molecule has 3 rings (SSSR count). The van der Waals surface area contributed by atoms with E-state index in [4.69, 9.17) is 0 Å². The summed E-state index contributed by atoms with van der Waals surface area (Å²) in [7, 11) is 2.10. The normalized spacial score (nSPS) is 16.8. The van der Waals surface area contributed by atoms with Gasteiger partial charge >= 0.3 is 0 Å². The van der Waals surface area contributed by atoms with Crippen LogP contribution >= 0.6 is 0 Å². The summed E-state index contributed by atoms with van der Waals surface area (Å²) >= 11 is 0. The van der Waals surface area contributed by atoms with Crippen molar-refractivity contribution in [2.45, 2.75) is 26.9 Å². The number of hydrogen-bond donors (Lipinski definition) is 0. The average molecular weight is 277 g/mol. The lowest BCUT2D eigenvalue weighted by molar-refractivity contribution is 0.732. The minimum absolute atomic E-state index is 0.231. The Bertz CT molecular complexity index is 743. The van der Waals surface area contributed by atoms with Crippen LogP contribution in [0, 0.1) is 25.2 Å². The van der Waals surface area contributed by atoms with Crippen molar-refractivity contribution in [2.75, 3.05) is 16.8 Å².